The first-order valence-electron chi connectivity index (χ1n) is 5.67. The molecular weight excluding hydrogens is 260 g/mol. The van der Waals surface area contributed by atoms with Crippen LogP contribution in [0.5, 0.6) is 0 Å². The number of benzene rings is 1. The zero-order valence-electron chi connectivity index (χ0n) is 10.2. The van der Waals surface area contributed by atoms with Gasteiger partial charge >= 0.3 is 0 Å². The number of hydrogen-bond acceptors (Lipinski definition) is 7. The van der Waals surface area contributed by atoms with E-state index in [-0.39, 0.29) is 5.95 Å². The Bertz CT molecular complexity index is 723. The van der Waals surface area contributed by atoms with Crippen molar-refractivity contribution in [3.8, 4) is 0 Å². The molecule has 0 aliphatic rings. The normalized spacial score (nSPS) is 10.6. The molecule has 0 saturated carbocycles. The minimum atomic E-state index is 0.230. The summed E-state index contributed by atoms with van der Waals surface area (Å²) in [4.78, 5) is 12.4. The van der Waals surface area contributed by atoms with E-state index in [1.54, 1.807) is 24.5 Å². The maximum absolute atomic E-state index is 5.65. The molecule has 0 aliphatic heterocycles. The van der Waals surface area contributed by atoms with Crippen LogP contribution in [-0.4, -0.2) is 22.0 Å². The van der Waals surface area contributed by atoms with E-state index >= 15 is 0 Å². The lowest BCUT2D eigenvalue weighted by atomic mass is 10.3. The Balaban J connectivity index is 1.93. The maximum atomic E-state index is 5.65. The smallest absolute Gasteiger partial charge is 0.223 e. The lowest BCUT2D eigenvalue weighted by Gasteiger charge is -2.08. The third kappa shape index (κ3) is 2.41. The van der Waals surface area contributed by atoms with Gasteiger partial charge in [-0.05, 0) is 18.2 Å². The van der Waals surface area contributed by atoms with E-state index in [2.05, 4.69) is 25.6 Å². The third-order valence-electron chi connectivity index (χ3n) is 2.60. The predicted molar refractivity (Wildman–Crippen MR) is 78.9 cm³/mol. The molecule has 2 aromatic heterocycles. The second-order valence-corrected chi connectivity index (χ2v) is 4.79. The molecule has 4 N–H and O–H groups in total. The summed E-state index contributed by atoms with van der Waals surface area (Å²) in [6.07, 6.45) is 0. The summed E-state index contributed by atoms with van der Waals surface area (Å²) < 4.78 is 1.13. The Morgan fingerprint density at radius 2 is 2.00 bits per heavy atom. The molecule has 0 saturated heterocycles. The van der Waals surface area contributed by atoms with E-state index in [1.807, 2.05) is 23.7 Å². The first-order chi connectivity index (χ1) is 9.24. The van der Waals surface area contributed by atoms with Crippen molar-refractivity contribution in [1.29, 1.82) is 0 Å². The highest BCUT2D eigenvalue weighted by Gasteiger charge is 2.03. The molecule has 6 nitrogen and oxygen atoms in total. The molecular formula is C12H12N6S. The molecule has 0 aliphatic carbocycles. The van der Waals surface area contributed by atoms with E-state index in [1.165, 1.54) is 0 Å². The van der Waals surface area contributed by atoms with Crippen LogP contribution < -0.4 is 16.4 Å². The van der Waals surface area contributed by atoms with Gasteiger partial charge in [0, 0.05) is 18.8 Å². The predicted octanol–water partition coefficient (Wildman–Crippen LogP) is 2.45. The number of aromatic nitrogens is 3. The van der Waals surface area contributed by atoms with Crippen LogP contribution in [0.1, 0.15) is 0 Å². The molecule has 1 aromatic carbocycles. The van der Waals surface area contributed by atoms with Crippen molar-refractivity contribution in [2.45, 2.75) is 0 Å². The first kappa shape index (κ1) is 11.7. The number of anilines is 4. The molecule has 0 radical (unpaired) electrons. The summed E-state index contributed by atoms with van der Waals surface area (Å²) in [6, 6.07) is 7.76. The minimum Gasteiger partial charge on any atom is -0.373 e. The summed E-state index contributed by atoms with van der Waals surface area (Å²) in [5, 5.41) is 6.15. The van der Waals surface area contributed by atoms with Crippen molar-refractivity contribution in [3.63, 3.8) is 0 Å². The van der Waals surface area contributed by atoms with Crippen molar-refractivity contribution in [3.05, 3.63) is 29.8 Å². The lowest BCUT2D eigenvalue weighted by molar-refractivity contribution is 1.17. The quantitative estimate of drug-likeness (QED) is 0.678. The van der Waals surface area contributed by atoms with Gasteiger partial charge in [-0.2, -0.15) is 9.97 Å². The van der Waals surface area contributed by atoms with Crippen LogP contribution in [0.4, 0.5) is 23.3 Å². The van der Waals surface area contributed by atoms with Gasteiger partial charge in [-0.25, -0.2) is 4.98 Å². The molecule has 0 amide bonds. The lowest BCUT2D eigenvalue weighted by Crippen LogP contribution is -2.03. The van der Waals surface area contributed by atoms with Gasteiger partial charge < -0.3 is 16.4 Å². The summed E-state index contributed by atoms with van der Waals surface area (Å²) in [5.74, 6) is 1.56. The number of nitrogens with zero attached hydrogens (tertiary/aromatic N) is 3. The number of rotatable bonds is 3. The minimum absolute atomic E-state index is 0.230. The summed E-state index contributed by atoms with van der Waals surface area (Å²) in [5.41, 5.74) is 9.42. The standard InChI is InChI=1S/C12H12N6S/c1-14-10-5-11(18-12(13)17-10)16-7-2-3-8-9(4-7)19-6-15-8/h2-6H,1H3,(H4,13,14,16,17,18). The van der Waals surface area contributed by atoms with E-state index in [4.69, 9.17) is 5.73 Å². The van der Waals surface area contributed by atoms with Gasteiger partial charge in [-0.15, -0.1) is 11.3 Å². The van der Waals surface area contributed by atoms with Crippen molar-refractivity contribution < 1.29 is 0 Å². The molecule has 0 unspecified atom stereocenters. The molecule has 0 bridgehead atoms. The first-order valence-corrected chi connectivity index (χ1v) is 6.55. The Labute approximate surface area is 113 Å². The van der Waals surface area contributed by atoms with Crippen molar-refractivity contribution in [2.24, 2.45) is 0 Å². The Hall–Kier alpha value is -2.41. The summed E-state index contributed by atoms with van der Waals surface area (Å²) in [7, 11) is 1.79. The number of nitrogen functional groups attached to an aromatic ring is 1. The molecule has 0 spiro atoms. The van der Waals surface area contributed by atoms with Crippen LogP contribution in [0.3, 0.4) is 0 Å². The number of nitrogens with one attached hydrogen (secondary N) is 2. The van der Waals surface area contributed by atoms with Crippen molar-refractivity contribution in [2.75, 3.05) is 23.4 Å². The molecule has 0 fully saturated rings. The van der Waals surface area contributed by atoms with Crippen molar-refractivity contribution in [1.82, 2.24) is 15.0 Å². The van der Waals surface area contributed by atoms with Crippen molar-refractivity contribution >= 4 is 44.8 Å². The van der Waals surface area contributed by atoms with Crippen LogP contribution in [-0.2, 0) is 0 Å². The van der Waals surface area contributed by atoms with Crippen LogP contribution in [0.2, 0.25) is 0 Å². The second kappa shape index (κ2) is 4.69. The average Bonchev–Trinajstić information content (AvgIpc) is 2.85. The Morgan fingerprint density at radius 1 is 1.16 bits per heavy atom. The van der Waals surface area contributed by atoms with Gasteiger partial charge in [0.25, 0.3) is 0 Å². The fraction of sp³-hybridized carbons (Fsp3) is 0.0833. The van der Waals surface area contributed by atoms with Crippen LogP contribution in [0.25, 0.3) is 10.2 Å². The van der Waals surface area contributed by atoms with Gasteiger partial charge in [0.15, 0.2) is 0 Å². The van der Waals surface area contributed by atoms with E-state index in [0.717, 1.165) is 15.9 Å². The largest absolute Gasteiger partial charge is 0.373 e. The van der Waals surface area contributed by atoms with Crippen LogP contribution >= 0.6 is 11.3 Å². The van der Waals surface area contributed by atoms with Gasteiger partial charge in [0.2, 0.25) is 5.95 Å². The maximum Gasteiger partial charge on any atom is 0.223 e. The molecule has 3 aromatic rings. The number of nitrogens with two attached hydrogens (primary N) is 1. The van der Waals surface area contributed by atoms with E-state index in [9.17, 15) is 0 Å². The SMILES string of the molecule is CNc1cc(Nc2ccc3ncsc3c2)nc(N)n1. The highest BCUT2D eigenvalue weighted by molar-refractivity contribution is 7.16. The zero-order valence-corrected chi connectivity index (χ0v) is 11.0. The Morgan fingerprint density at radius 3 is 2.84 bits per heavy atom. The van der Waals surface area contributed by atoms with Crippen LogP contribution in [0.15, 0.2) is 29.8 Å². The molecule has 96 valence electrons. The third-order valence-corrected chi connectivity index (χ3v) is 3.40. The van der Waals surface area contributed by atoms with Gasteiger partial charge in [-0.1, -0.05) is 0 Å². The van der Waals surface area contributed by atoms with Gasteiger partial charge in [-0.3, -0.25) is 0 Å². The van der Waals surface area contributed by atoms with Crippen LogP contribution in [0, 0.1) is 0 Å². The fourth-order valence-electron chi connectivity index (χ4n) is 1.74. The summed E-state index contributed by atoms with van der Waals surface area (Å²) in [6.45, 7) is 0. The number of thiazole rings is 1. The average molecular weight is 272 g/mol. The Kier molecular flexibility index (Phi) is 2.88. The molecule has 7 heteroatoms. The molecule has 3 rings (SSSR count). The van der Waals surface area contributed by atoms with Gasteiger partial charge in [0.1, 0.15) is 11.6 Å². The fourth-order valence-corrected chi connectivity index (χ4v) is 2.46. The van der Waals surface area contributed by atoms with E-state index < -0.39 is 0 Å². The monoisotopic (exact) mass is 272 g/mol. The van der Waals surface area contributed by atoms with Gasteiger partial charge in [0.05, 0.1) is 15.7 Å². The molecule has 19 heavy (non-hydrogen) atoms. The summed E-state index contributed by atoms with van der Waals surface area (Å²) >= 11 is 1.60. The molecule has 2 heterocycles. The highest BCUT2D eigenvalue weighted by Crippen LogP contribution is 2.24. The topological polar surface area (TPSA) is 88.8 Å². The highest BCUT2D eigenvalue weighted by atomic mass is 32.1. The second-order valence-electron chi connectivity index (χ2n) is 3.91. The molecule has 0 atom stereocenters. The van der Waals surface area contributed by atoms with E-state index in [0.29, 0.717) is 11.6 Å². The number of hydrogen-bond donors (Lipinski definition) is 3. The zero-order chi connectivity index (χ0) is 13.2. The number of fused-ring (bicyclic) bond motifs is 1.